The van der Waals surface area contributed by atoms with Gasteiger partial charge in [-0.3, -0.25) is 0 Å². The number of ether oxygens (including phenoxy) is 1. The number of hydrogen-bond donors (Lipinski definition) is 0. The lowest BCUT2D eigenvalue weighted by molar-refractivity contribution is 0.124. The maximum Gasteiger partial charge on any atom is 0.186 e. The standard InChI is InChI=1S/C32H34Cl2N2OS/c1-3-18-36(32-35-30(22(2)38-32)28-16-15-27(33)20-29(28)34)31(26-13-14-26)25-11-9-23(10-12-25)17-19-37-21-24-7-5-4-6-8-24/h4-12,15-16,20,26,31H,3,13-14,17-19,21H2,1-2H3. The van der Waals surface area contributed by atoms with Crippen molar-refractivity contribution in [3.8, 4) is 11.3 Å². The molecular formula is C32H34Cl2N2OS. The summed E-state index contributed by atoms with van der Waals surface area (Å²) in [5.41, 5.74) is 5.78. The van der Waals surface area contributed by atoms with Gasteiger partial charge in [-0.2, -0.15) is 0 Å². The van der Waals surface area contributed by atoms with E-state index < -0.39 is 0 Å². The lowest BCUT2D eigenvalue weighted by Crippen LogP contribution is -2.31. The number of aromatic nitrogens is 1. The highest BCUT2D eigenvalue weighted by Crippen LogP contribution is 2.48. The van der Waals surface area contributed by atoms with Crippen LogP contribution in [0.5, 0.6) is 0 Å². The molecule has 1 saturated carbocycles. The Morgan fingerprint density at radius 3 is 2.45 bits per heavy atom. The number of rotatable bonds is 12. The van der Waals surface area contributed by atoms with E-state index in [-0.39, 0.29) is 0 Å². The quantitative estimate of drug-likeness (QED) is 0.160. The Labute approximate surface area is 240 Å². The largest absolute Gasteiger partial charge is 0.376 e. The lowest BCUT2D eigenvalue weighted by atomic mass is 9.98. The fraction of sp³-hybridized carbons (Fsp3) is 0.344. The van der Waals surface area contributed by atoms with Gasteiger partial charge in [0, 0.05) is 22.0 Å². The summed E-state index contributed by atoms with van der Waals surface area (Å²) in [5, 5.41) is 2.35. The molecule has 3 aromatic carbocycles. The molecule has 1 heterocycles. The van der Waals surface area contributed by atoms with Crippen LogP contribution in [0.3, 0.4) is 0 Å². The number of aryl methyl sites for hydroxylation is 1. The number of benzene rings is 3. The van der Waals surface area contributed by atoms with Gasteiger partial charge in [0.15, 0.2) is 5.13 Å². The molecule has 1 aromatic heterocycles. The van der Waals surface area contributed by atoms with Crippen LogP contribution >= 0.6 is 34.5 Å². The molecule has 1 aliphatic carbocycles. The van der Waals surface area contributed by atoms with Gasteiger partial charge in [-0.1, -0.05) is 84.7 Å². The van der Waals surface area contributed by atoms with Gasteiger partial charge in [0.1, 0.15) is 0 Å². The Morgan fingerprint density at radius 2 is 1.76 bits per heavy atom. The number of anilines is 1. The van der Waals surface area contributed by atoms with Crippen molar-refractivity contribution in [2.24, 2.45) is 5.92 Å². The summed E-state index contributed by atoms with van der Waals surface area (Å²) in [7, 11) is 0. The highest BCUT2D eigenvalue weighted by atomic mass is 35.5. The minimum absolute atomic E-state index is 0.331. The Kier molecular flexibility index (Phi) is 9.06. The van der Waals surface area contributed by atoms with Gasteiger partial charge >= 0.3 is 0 Å². The van der Waals surface area contributed by atoms with Crippen LogP contribution < -0.4 is 4.90 Å². The summed E-state index contributed by atoms with van der Waals surface area (Å²) in [6.45, 7) is 6.72. The van der Waals surface area contributed by atoms with Gasteiger partial charge < -0.3 is 9.64 Å². The molecule has 0 spiro atoms. The molecule has 0 bridgehead atoms. The van der Waals surface area contributed by atoms with Crippen molar-refractivity contribution in [3.05, 3.63) is 104 Å². The molecule has 3 nitrogen and oxygen atoms in total. The van der Waals surface area contributed by atoms with Crippen molar-refractivity contribution in [1.29, 1.82) is 0 Å². The van der Waals surface area contributed by atoms with E-state index >= 15 is 0 Å². The van der Waals surface area contributed by atoms with E-state index in [0.717, 1.165) is 42.4 Å². The molecule has 0 aliphatic heterocycles. The van der Waals surface area contributed by atoms with Gasteiger partial charge in [-0.15, -0.1) is 11.3 Å². The van der Waals surface area contributed by atoms with E-state index in [9.17, 15) is 0 Å². The van der Waals surface area contributed by atoms with Crippen LogP contribution in [-0.2, 0) is 17.8 Å². The van der Waals surface area contributed by atoms with E-state index in [2.05, 4.69) is 67.3 Å². The van der Waals surface area contributed by atoms with Gasteiger partial charge in [-0.25, -0.2) is 4.98 Å². The second-order valence-electron chi connectivity index (χ2n) is 10.0. The molecule has 6 heteroatoms. The van der Waals surface area contributed by atoms with Crippen molar-refractivity contribution in [2.45, 2.75) is 52.2 Å². The highest BCUT2D eigenvalue weighted by Gasteiger charge is 2.37. The summed E-state index contributed by atoms with van der Waals surface area (Å²) in [5.74, 6) is 0.661. The minimum atomic E-state index is 0.331. The second-order valence-corrected chi connectivity index (χ2v) is 12.1. The molecule has 4 aromatic rings. The van der Waals surface area contributed by atoms with E-state index in [0.29, 0.717) is 28.6 Å². The zero-order valence-electron chi connectivity index (χ0n) is 22.0. The van der Waals surface area contributed by atoms with Crippen LogP contribution in [-0.4, -0.2) is 18.1 Å². The first-order valence-electron chi connectivity index (χ1n) is 13.4. The molecule has 1 fully saturated rings. The highest BCUT2D eigenvalue weighted by molar-refractivity contribution is 7.16. The third-order valence-corrected chi connectivity index (χ3v) is 8.61. The molecule has 1 atom stereocenters. The third-order valence-electron chi connectivity index (χ3n) is 7.05. The molecule has 5 rings (SSSR count). The van der Waals surface area contributed by atoms with E-state index in [1.807, 2.05) is 18.2 Å². The average Bonchev–Trinajstić information content (AvgIpc) is 3.69. The van der Waals surface area contributed by atoms with E-state index in [1.165, 1.54) is 34.4 Å². The molecule has 38 heavy (non-hydrogen) atoms. The maximum absolute atomic E-state index is 6.55. The van der Waals surface area contributed by atoms with Gasteiger partial charge in [0.2, 0.25) is 0 Å². The topological polar surface area (TPSA) is 25.4 Å². The monoisotopic (exact) mass is 564 g/mol. The maximum atomic E-state index is 6.55. The van der Waals surface area contributed by atoms with Crippen molar-refractivity contribution in [1.82, 2.24) is 4.98 Å². The summed E-state index contributed by atoms with van der Waals surface area (Å²) in [6.07, 6.45) is 4.51. The molecule has 1 unspecified atom stereocenters. The van der Waals surface area contributed by atoms with Crippen molar-refractivity contribution in [2.75, 3.05) is 18.1 Å². The first-order valence-corrected chi connectivity index (χ1v) is 15.0. The summed E-state index contributed by atoms with van der Waals surface area (Å²) >= 11 is 14.5. The van der Waals surface area contributed by atoms with Crippen LogP contribution in [0.2, 0.25) is 10.0 Å². The van der Waals surface area contributed by atoms with Crippen LogP contribution in [0.15, 0.2) is 72.8 Å². The number of hydrogen-bond acceptors (Lipinski definition) is 4. The van der Waals surface area contributed by atoms with Gasteiger partial charge in [-0.05, 0) is 73.4 Å². The Morgan fingerprint density at radius 1 is 1.00 bits per heavy atom. The number of thiazole rings is 1. The second kappa shape index (κ2) is 12.7. The number of nitrogens with zero attached hydrogens (tertiary/aromatic N) is 2. The molecule has 1 aliphatic rings. The molecule has 0 N–H and O–H groups in total. The first-order chi connectivity index (χ1) is 18.5. The van der Waals surface area contributed by atoms with Gasteiger partial charge in [0.25, 0.3) is 0 Å². The predicted octanol–water partition coefficient (Wildman–Crippen LogP) is 9.55. The number of halogens is 2. The van der Waals surface area contributed by atoms with E-state index in [1.54, 1.807) is 17.4 Å². The molecule has 0 radical (unpaired) electrons. The minimum Gasteiger partial charge on any atom is -0.376 e. The fourth-order valence-electron chi connectivity index (χ4n) is 4.99. The lowest BCUT2D eigenvalue weighted by Gasteiger charge is -2.32. The van der Waals surface area contributed by atoms with Crippen LogP contribution in [0.1, 0.15) is 53.8 Å². The Balaban J connectivity index is 1.32. The SMILES string of the molecule is CCCN(c1nc(-c2ccc(Cl)cc2Cl)c(C)s1)C(c1ccc(CCOCc2ccccc2)cc1)C1CC1. The summed E-state index contributed by atoms with van der Waals surface area (Å²) < 4.78 is 5.91. The molecular weight excluding hydrogens is 531 g/mol. The zero-order valence-corrected chi connectivity index (χ0v) is 24.3. The average molecular weight is 566 g/mol. The third kappa shape index (κ3) is 6.60. The van der Waals surface area contributed by atoms with Crippen LogP contribution in [0.25, 0.3) is 11.3 Å². The van der Waals surface area contributed by atoms with Crippen LogP contribution in [0, 0.1) is 12.8 Å². The summed E-state index contributed by atoms with van der Waals surface area (Å²) in [6, 6.07) is 25.5. The molecule has 198 valence electrons. The zero-order chi connectivity index (χ0) is 26.5. The van der Waals surface area contributed by atoms with E-state index in [4.69, 9.17) is 32.9 Å². The molecule has 0 saturated heterocycles. The predicted molar refractivity (Wildman–Crippen MR) is 162 cm³/mol. The van der Waals surface area contributed by atoms with Crippen molar-refractivity contribution >= 4 is 39.7 Å². The summed E-state index contributed by atoms with van der Waals surface area (Å²) in [4.78, 5) is 8.84. The normalized spacial score (nSPS) is 14.0. The van der Waals surface area contributed by atoms with Crippen molar-refractivity contribution in [3.63, 3.8) is 0 Å². The molecule has 0 amide bonds. The smallest absolute Gasteiger partial charge is 0.186 e. The Bertz CT molecular complexity index is 1340. The Hall–Kier alpha value is -2.37. The fourth-order valence-corrected chi connectivity index (χ4v) is 6.47. The van der Waals surface area contributed by atoms with Crippen LogP contribution in [0.4, 0.5) is 5.13 Å². The van der Waals surface area contributed by atoms with Gasteiger partial charge in [0.05, 0.1) is 30.0 Å². The van der Waals surface area contributed by atoms with Crippen molar-refractivity contribution < 1.29 is 4.74 Å². The first kappa shape index (κ1) is 27.2.